The second kappa shape index (κ2) is 7.21. The van der Waals surface area contributed by atoms with Gasteiger partial charge in [0.15, 0.2) is 0 Å². The van der Waals surface area contributed by atoms with Crippen molar-refractivity contribution in [1.82, 2.24) is 10.6 Å². The minimum atomic E-state index is -0.722. The van der Waals surface area contributed by atoms with Crippen LogP contribution in [0.15, 0.2) is 30.3 Å². The molecule has 0 aliphatic heterocycles. The molecular weight excluding hydrogens is 308 g/mol. The van der Waals surface area contributed by atoms with E-state index in [1.807, 2.05) is 30.3 Å². The number of methoxy groups -OCH3 is 1. The highest BCUT2D eigenvalue weighted by atomic mass is 16.6. The van der Waals surface area contributed by atoms with E-state index in [1.165, 1.54) is 0 Å². The van der Waals surface area contributed by atoms with E-state index in [4.69, 9.17) is 9.47 Å². The first kappa shape index (κ1) is 18.3. The maximum absolute atomic E-state index is 12.6. The molecule has 0 radical (unpaired) electrons. The van der Waals surface area contributed by atoms with Crippen molar-refractivity contribution < 1.29 is 19.1 Å². The van der Waals surface area contributed by atoms with E-state index in [9.17, 15) is 9.59 Å². The molecule has 1 saturated carbocycles. The lowest BCUT2D eigenvalue weighted by atomic mass is 10.1. The van der Waals surface area contributed by atoms with Crippen molar-refractivity contribution in [2.24, 2.45) is 5.41 Å². The Kier molecular flexibility index (Phi) is 5.49. The number of nitrogens with one attached hydrogen (secondary N) is 2. The van der Waals surface area contributed by atoms with Crippen LogP contribution >= 0.6 is 0 Å². The molecule has 2 rings (SSSR count). The van der Waals surface area contributed by atoms with Gasteiger partial charge in [-0.05, 0) is 32.8 Å². The maximum Gasteiger partial charge on any atom is 0.407 e. The molecular formula is C18H26N2O4. The molecule has 1 aromatic carbocycles. The van der Waals surface area contributed by atoms with Crippen molar-refractivity contribution >= 4 is 12.0 Å². The van der Waals surface area contributed by atoms with Crippen molar-refractivity contribution in [2.75, 3.05) is 13.7 Å². The number of amides is 2. The fourth-order valence-electron chi connectivity index (χ4n) is 2.63. The van der Waals surface area contributed by atoms with Gasteiger partial charge in [0.25, 0.3) is 0 Å². The van der Waals surface area contributed by atoms with Crippen LogP contribution in [0.2, 0.25) is 0 Å². The average Bonchev–Trinajstić information content (AvgIpc) is 3.17. The van der Waals surface area contributed by atoms with E-state index in [1.54, 1.807) is 27.9 Å². The number of hydrogen-bond acceptors (Lipinski definition) is 4. The van der Waals surface area contributed by atoms with Crippen molar-refractivity contribution in [1.29, 1.82) is 0 Å². The minimum absolute atomic E-state index is 0.116. The number of carbonyl (C=O) groups excluding carboxylic acids is 2. The summed E-state index contributed by atoms with van der Waals surface area (Å²) in [5.74, 6) is -0.116. The summed E-state index contributed by atoms with van der Waals surface area (Å²) in [4.78, 5) is 24.5. The third kappa shape index (κ3) is 4.71. The van der Waals surface area contributed by atoms with Crippen LogP contribution in [0.5, 0.6) is 0 Å². The van der Waals surface area contributed by atoms with Gasteiger partial charge in [0.2, 0.25) is 5.91 Å². The van der Waals surface area contributed by atoms with Crippen LogP contribution in [0.3, 0.4) is 0 Å². The average molecular weight is 334 g/mol. The van der Waals surface area contributed by atoms with Gasteiger partial charge in [0, 0.05) is 13.7 Å². The van der Waals surface area contributed by atoms with Crippen molar-refractivity contribution in [3.63, 3.8) is 0 Å². The zero-order chi connectivity index (χ0) is 17.8. The molecule has 24 heavy (non-hydrogen) atoms. The summed E-state index contributed by atoms with van der Waals surface area (Å²) in [5.41, 5.74) is -0.269. The van der Waals surface area contributed by atoms with Crippen LogP contribution in [0.4, 0.5) is 4.79 Å². The number of alkyl carbamates (subject to hydrolysis) is 1. The third-order valence-corrected chi connectivity index (χ3v) is 3.92. The molecule has 1 aliphatic rings. The lowest BCUT2D eigenvalue weighted by Gasteiger charge is -2.21. The van der Waals surface area contributed by atoms with E-state index >= 15 is 0 Å². The quantitative estimate of drug-likeness (QED) is 0.836. The van der Waals surface area contributed by atoms with Gasteiger partial charge in [0.1, 0.15) is 5.60 Å². The summed E-state index contributed by atoms with van der Waals surface area (Å²) in [6.45, 7) is 6.11. The monoisotopic (exact) mass is 334 g/mol. The molecule has 2 N–H and O–H groups in total. The SMILES string of the molecule is COCC1(C(=O)NCc2ccccc2)CC1NC(=O)OC(C)(C)C. The summed E-state index contributed by atoms with van der Waals surface area (Å²) < 4.78 is 10.4. The van der Waals surface area contributed by atoms with Crippen LogP contribution in [-0.4, -0.2) is 37.4 Å². The number of rotatable bonds is 6. The van der Waals surface area contributed by atoms with Crippen LogP contribution in [-0.2, 0) is 20.8 Å². The minimum Gasteiger partial charge on any atom is -0.444 e. The molecule has 2 atom stereocenters. The number of ether oxygens (including phenoxy) is 2. The van der Waals surface area contributed by atoms with Gasteiger partial charge in [-0.25, -0.2) is 4.79 Å². The normalized spacial score (nSPS) is 22.6. The molecule has 0 bridgehead atoms. The highest BCUT2D eigenvalue weighted by molar-refractivity contribution is 5.88. The second-order valence-electron chi connectivity index (χ2n) is 7.16. The Hall–Kier alpha value is -2.08. The van der Waals surface area contributed by atoms with Crippen LogP contribution in [0.1, 0.15) is 32.8 Å². The van der Waals surface area contributed by atoms with Crippen molar-refractivity contribution in [2.45, 2.75) is 45.4 Å². The Labute approximate surface area is 142 Å². The third-order valence-electron chi connectivity index (χ3n) is 3.92. The van der Waals surface area contributed by atoms with Gasteiger partial charge in [-0.2, -0.15) is 0 Å². The van der Waals surface area contributed by atoms with Gasteiger partial charge >= 0.3 is 6.09 Å². The highest BCUT2D eigenvalue weighted by Gasteiger charge is 2.61. The van der Waals surface area contributed by atoms with Crippen LogP contribution in [0, 0.1) is 5.41 Å². The molecule has 1 aromatic rings. The van der Waals surface area contributed by atoms with E-state index in [-0.39, 0.29) is 18.6 Å². The Morgan fingerprint density at radius 1 is 1.25 bits per heavy atom. The molecule has 1 fully saturated rings. The summed E-state index contributed by atoms with van der Waals surface area (Å²) in [5, 5.41) is 5.69. The Bertz CT molecular complexity index is 582. The highest BCUT2D eigenvalue weighted by Crippen LogP contribution is 2.46. The molecule has 132 valence electrons. The Balaban J connectivity index is 1.92. The zero-order valence-electron chi connectivity index (χ0n) is 14.7. The predicted molar refractivity (Wildman–Crippen MR) is 90.4 cm³/mol. The first-order valence-corrected chi connectivity index (χ1v) is 8.07. The van der Waals surface area contributed by atoms with E-state index in [0.717, 1.165) is 5.56 Å². The lowest BCUT2D eigenvalue weighted by Crippen LogP contribution is -2.42. The van der Waals surface area contributed by atoms with Gasteiger partial charge in [-0.1, -0.05) is 30.3 Å². The largest absolute Gasteiger partial charge is 0.444 e. The second-order valence-corrected chi connectivity index (χ2v) is 7.16. The molecule has 0 aromatic heterocycles. The first-order valence-electron chi connectivity index (χ1n) is 8.07. The molecule has 2 amide bonds. The number of benzene rings is 1. The summed E-state index contributed by atoms with van der Waals surface area (Å²) in [7, 11) is 1.55. The van der Waals surface area contributed by atoms with Crippen molar-refractivity contribution in [3.05, 3.63) is 35.9 Å². The van der Waals surface area contributed by atoms with Gasteiger partial charge in [-0.15, -0.1) is 0 Å². The fraction of sp³-hybridized carbons (Fsp3) is 0.556. The first-order chi connectivity index (χ1) is 11.3. The maximum atomic E-state index is 12.6. The molecule has 0 saturated heterocycles. The summed E-state index contributed by atoms with van der Waals surface area (Å²) in [6, 6.07) is 9.41. The molecule has 1 aliphatic carbocycles. The number of carbonyl (C=O) groups is 2. The van der Waals surface area contributed by atoms with Crippen LogP contribution in [0.25, 0.3) is 0 Å². The fourth-order valence-corrected chi connectivity index (χ4v) is 2.63. The molecule has 2 unspecified atom stereocenters. The molecule has 6 heteroatoms. The topological polar surface area (TPSA) is 76.7 Å². The smallest absolute Gasteiger partial charge is 0.407 e. The van der Waals surface area contributed by atoms with E-state index in [0.29, 0.717) is 13.0 Å². The molecule has 0 heterocycles. The van der Waals surface area contributed by atoms with Crippen molar-refractivity contribution in [3.8, 4) is 0 Å². The molecule has 0 spiro atoms. The Morgan fingerprint density at radius 3 is 2.50 bits per heavy atom. The van der Waals surface area contributed by atoms with Crippen LogP contribution < -0.4 is 10.6 Å². The predicted octanol–water partition coefficient (Wildman–Crippen LogP) is 2.23. The Morgan fingerprint density at radius 2 is 1.92 bits per heavy atom. The molecule has 6 nitrogen and oxygen atoms in total. The van der Waals surface area contributed by atoms with Gasteiger partial charge in [-0.3, -0.25) is 4.79 Å². The van der Waals surface area contributed by atoms with E-state index < -0.39 is 17.1 Å². The summed E-state index contributed by atoms with van der Waals surface area (Å²) >= 11 is 0. The van der Waals surface area contributed by atoms with Gasteiger partial charge < -0.3 is 20.1 Å². The van der Waals surface area contributed by atoms with Gasteiger partial charge in [0.05, 0.1) is 18.1 Å². The van der Waals surface area contributed by atoms with E-state index in [2.05, 4.69) is 10.6 Å². The summed E-state index contributed by atoms with van der Waals surface area (Å²) in [6.07, 6.45) is 0.0297. The standard InChI is InChI=1S/C18H26N2O4/c1-17(2,3)24-16(22)20-14-10-18(14,12-23-4)15(21)19-11-13-8-6-5-7-9-13/h5-9,14H,10-12H2,1-4H3,(H,19,21)(H,20,22). The zero-order valence-corrected chi connectivity index (χ0v) is 14.7. The lowest BCUT2D eigenvalue weighted by molar-refractivity contribution is -0.128. The number of hydrogen-bond donors (Lipinski definition) is 2.